The van der Waals surface area contributed by atoms with E-state index >= 15 is 0 Å². The van der Waals surface area contributed by atoms with Gasteiger partial charge in [-0.05, 0) is 26.0 Å². The molecule has 5 heteroatoms. The van der Waals surface area contributed by atoms with Crippen LogP contribution in [0.3, 0.4) is 0 Å². The molecule has 0 aliphatic heterocycles. The molecule has 1 aromatic heterocycles. The predicted octanol–water partition coefficient (Wildman–Crippen LogP) is 1.14. The fourth-order valence-corrected chi connectivity index (χ4v) is 0.856. The van der Waals surface area contributed by atoms with Crippen LogP contribution in [0.4, 0.5) is 10.2 Å². The van der Waals surface area contributed by atoms with Crippen molar-refractivity contribution < 1.29 is 9.18 Å². The molecule has 0 saturated carbocycles. The molecule has 15 heavy (non-hydrogen) atoms. The maximum atomic E-state index is 12.7. The number of amides is 1. The zero-order valence-electron chi connectivity index (χ0n) is 8.75. The summed E-state index contributed by atoms with van der Waals surface area (Å²) in [6, 6.07) is 4.21. The van der Waals surface area contributed by atoms with Crippen LogP contribution >= 0.6 is 0 Å². The smallest absolute Gasteiger partial charge is 0.232 e. The molecule has 0 saturated heterocycles. The molecule has 1 rings (SSSR count). The standard InChI is InChI=1S/C10H14FN3O/c1-10(2,6-12)9(15)14-8-5-3-4-7(11)13-8/h3-5H,6,12H2,1-2H3,(H,13,14,15). The van der Waals surface area contributed by atoms with E-state index < -0.39 is 11.4 Å². The van der Waals surface area contributed by atoms with E-state index in [9.17, 15) is 9.18 Å². The number of halogens is 1. The maximum absolute atomic E-state index is 12.7. The van der Waals surface area contributed by atoms with Gasteiger partial charge >= 0.3 is 0 Å². The number of rotatable bonds is 3. The summed E-state index contributed by atoms with van der Waals surface area (Å²) in [6.45, 7) is 3.64. The molecule has 0 radical (unpaired) electrons. The third-order valence-corrected chi connectivity index (χ3v) is 2.08. The van der Waals surface area contributed by atoms with E-state index in [-0.39, 0.29) is 18.3 Å². The van der Waals surface area contributed by atoms with E-state index in [1.165, 1.54) is 18.2 Å². The van der Waals surface area contributed by atoms with E-state index in [0.29, 0.717) is 0 Å². The highest BCUT2D eigenvalue weighted by molar-refractivity contribution is 5.94. The number of pyridine rings is 1. The van der Waals surface area contributed by atoms with E-state index in [0.717, 1.165) is 0 Å². The summed E-state index contributed by atoms with van der Waals surface area (Å²) in [7, 11) is 0. The average molecular weight is 211 g/mol. The highest BCUT2D eigenvalue weighted by atomic mass is 19.1. The summed E-state index contributed by atoms with van der Waals surface area (Å²) in [6.07, 6.45) is 0. The Morgan fingerprint density at radius 2 is 2.27 bits per heavy atom. The van der Waals surface area contributed by atoms with Crippen LogP contribution in [0.5, 0.6) is 0 Å². The van der Waals surface area contributed by atoms with Gasteiger partial charge in [0.2, 0.25) is 11.9 Å². The number of carbonyl (C=O) groups excluding carboxylic acids is 1. The number of nitrogens with two attached hydrogens (primary N) is 1. The first-order valence-electron chi connectivity index (χ1n) is 4.60. The second-order valence-electron chi connectivity index (χ2n) is 3.89. The van der Waals surface area contributed by atoms with Gasteiger partial charge in [0.05, 0.1) is 5.41 Å². The molecule has 0 bridgehead atoms. The summed E-state index contributed by atoms with van der Waals surface area (Å²) in [5.41, 5.74) is 4.75. The van der Waals surface area contributed by atoms with E-state index in [2.05, 4.69) is 10.3 Å². The van der Waals surface area contributed by atoms with Crippen molar-refractivity contribution in [3.63, 3.8) is 0 Å². The molecule has 0 aromatic carbocycles. The van der Waals surface area contributed by atoms with Gasteiger partial charge in [0.25, 0.3) is 0 Å². The number of carbonyl (C=O) groups is 1. The Labute approximate surface area is 87.7 Å². The summed E-state index contributed by atoms with van der Waals surface area (Å²) in [4.78, 5) is 15.1. The average Bonchev–Trinajstić information content (AvgIpc) is 2.17. The SMILES string of the molecule is CC(C)(CN)C(=O)Nc1cccc(F)n1. The second-order valence-corrected chi connectivity index (χ2v) is 3.89. The van der Waals surface area contributed by atoms with Crippen molar-refractivity contribution in [3.05, 3.63) is 24.1 Å². The maximum Gasteiger partial charge on any atom is 0.232 e. The van der Waals surface area contributed by atoms with Crippen LogP contribution in [-0.2, 0) is 4.79 Å². The lowest BCUT2D eigenvalue weighted by molar-refractivity contribution is -0.123. The van der Waals surface area contributed by atoms with Crippen molar-refractivity contribution in [2.24, 2.45) is 11.1 Å². The van der Waals surface area contributed by atoms with Crippen LogP contribution in [-0.4, -0.2) is 17.4 Å². The summed E-state index contributed by atoms with van der Waals surface area (Å²) < 4.78 is 12.7. The van der Waals surface area contributed by atoms with Gasteiger partial charge < -0.3 is 11.1 Å². The molecule has 4 nitrogen and oxygen atoms in total. The van der Waals surface area contributed by atoms with Crippen LogP contribution < -0.4 is 11.1 Å². The first-order chi connectivity index (χ1) is 6.95. The topological polar surface area (TPSA) is 68.0 Å². The molecule has 0 aliphatic carbocycles. The normalized spacial score (nSPS) is 11.2. The fraction of sp³-hybridized carbons (Fsp3) is 0.400. The number of hydrogen-bond donors (Lipinski definition) is 2. The molecule has 0 fully saturated rings. The molecular formula is C10H14FN3O. The lowest BCUT2D eigenvalue weighted by Gasteiger charge is -2.20. The molecule has 0 aliphatic rings. The Morgan fingerprint density at radius 1 is 1.60 bits per heavy atom. The molecule has 3 N–H and O–H groups in total. The third-order valence-electron chi connectivity index (χ3n) is 2.08. The van der Waals surface area contributed by atoms with Crippen molar-refractivity contribution in [2.45, 2.75) is 13.8 Å². The summed E-state index contributed by atoms with van der Waals surface area (Å²) in [5.74, 6) is -0.706. The minimum absolute atomic E-state index is 0.196. The Hall–Kier alpha value is -1.49. The van der Waals surface area contributed by atoms with Crippen LogP contribution in [0.1, 0.15) is 13.8 Å². The van der Waals surface area contributed by atoms with Crippen LogP contribution in [0.15, 0.2) is 18.2 Å². The third kappa shape index (κ3) is 2.99. The lowest BCUT2D eigenvalue weighted by atomic mass is 9.93. The van der Waals surface area contributed by atoms with Crippen molar-refractivity contribution in [2.75, 3.05) is 11.9 Å². The number of nitrogens with zero attached hydrogens (tertiary/aromatic N) is 1. The Kier molecular flexibility index (Phi) is 3.36. The first kappa shape index (κ1) is 11.6. The zero-order chi connectivity index (χ0) is 11.5. The van der Waals surface area contributed by atoms with Crippen molar-refractivity contribution in [1.82, 2.24) is 4.98 Å². The van der Waals surface area contributed by atoms with Gasteiger partial charge in [-0.25, -0.2) is 4.98 Å². The van der Waals surface area contributed by atoms with Crippen LogP contribution in [0.2, 0.25) is 0 Å². The van der Waals surface area contributed by atoms with Gasteiger partial charge in [-0.2, -0.15) is 4.39 Å². The predicted molar refractivity (Wildman–Crippen MR) is 55.7 cm³/mol. The van der Waals surface area contributed by atoms with Gasteiger partial charge in [0.15, 0.2) is 0 Å². The van der Waals surface area contributed by atoms with Gasteiger partial charge in [-0.3, -0.25) is 4.79 Å². The molecule has 1 aromatic rings. The highest BCUT2D eigenvalue weighted by Gasteiger charge is 2.25. The summed E-state index contributed by atoms with van der Waals surface area (Å²) >= 11 is 0. The van der Waals surface area contributed by atoms with Crippen molar-refractivity contribution in [1.29, 1.82) is 0 Å². The largest absolute Gasteiger partial charge is 0.329 e. The Morgan fingerprint density at radius 3 is 2.80 bits per heavy atom. The minimum atomic E-state index is -0.687. The van der Waals surface area contributed by atoms with Gasteiger partial charge in [0, 0.05) is 6.54 Å². The summed E-state index contributed by atoms with van der Waals surface area (Å²) in [5, 5.41) is 2.50. The Balaban J connectivity index is 2.75. The highest BCUT2D eigenvalue weighted by Crippen LogP contribution is 2.15. The van der Waals surface area contributed by atoms with Crippen molar-refractivity contribution in [3.8, 4) is 0 Å². The van der Waals surface area contributed by atoms with E-state index in [1.54, 1.807) is 13.8 Å². The zero-order valence-corrected chi connectivity index (χ0v) is 8.75. The number of anilines is 1. The second kappa shape index (κ2) is 4.35. The Bertz CT molecular complexity index is 365. The lowest BCUT2D eigenvalue weighted by Crippen LogP contribution is -2.37. The molecule has 1 heterocycles. The van der Waals surface area contributed by atoms with Gasteiger partial charge in [-0.1, -0.05) is 6.07 Å². The van der Waals surface area contributed by atoms with Gasteiger partial charge in [-0.15, -0.1) is 0 Å². The number of aromatic nitrogens is 1. The monoisotopic (exact) mass is 211 g/mol. The first-order valence-corrected chi connectivity index (χ1v) is 4.60. The number of nitrogens with one attached hydrogen (secondary N) is 1. The molecular weight excluding hydrogens is 197 g/mol. The minimum Gasteiger partial charge on any atom is -0.329 e. The van der Waals surface area contributed by atoms with Crippen molar-refractivity contribution >= 4 is 11.7 Å². The molecule has 0 atom stereocenters. The van der Waals surface area contributed by atoms with Crippen LogP contribution in [0, 0.1) is 11.4 Å². The van der Waals surface area contributed by atoms with E-state index in [4.69, 9.17) is 5.73 Å². The fourth-order valence-electron chi connectivity index (χ4n) is 0.856. The quantitative estimate of drug-likeness (QED) is 0.737. The number of hydrogen-bond acceptors (Lipinski definition) is 3. The molecule has 0 spiro atoms. The van der Waals surface area contributed by atoms with Gasteiger partial charge in [0.1, 0.15) is 5.82 Å². The molecule has 0 unspecified atom stereocenters. The molecule has 82 valence electrons. The van der Waals surface area contributed by atoms with Crippen LogP contribution in [0.25, 0.3) is 0 Å². The molecule has 1 amide bonds. The van der Waals surface area contributed by atoms with E-state index in [1.807, 2.05) is 0 Å².